The lowest BCUT2D eigenvalue weighted by Gasteiger charge is -2.28. The molecular weight excluding hydrogens is 427 g/mol. The van der Waals surface area contributed by atoms with Crippen molar-refractivity contribution in [2.75, 3.05) is 0 Å². The van der Waals surface area contributed by atoms with Crippen molar-refractivity contribution >= 4 is 41.0 Å². The zero-order valence-corrected chi connectivity index (χ0v) is 15.5. The number of aromatic nitrogens is 3. The van der Waals surface area contributed by atoms with Gasteiger partial charge in [0.2, 0.25) is 0 Å². The number of benzene rings is 2. The molecule has 0 aliphatic heterocycles. The van der Waals surface area contributed by atoms with Crippen LogP contribution in [0.4, 0.5) is 8.78 Å². The van der Waals surface area contributed by atoms with E-state index in [1.165, 1.54) is 30.6 Å². The third kappa shape index (κ3) is 3.35. The molecule has 0 unspecified atom stereocenters. The minimum Gasteiger partial charge on any atom is -0.243 e. The van der Waals surface area contributed by atoms with E-state index in [4.69, 9.17) is 0 Å². The van der Waals surface area contributed by atoms with Gasteiger partial charge in [0, 0.05) is 28.8 Å². The van der Waals surface area contributed by atoms with Gasteiger partial charge in [-0.2, -0.15) is 5.10 Å². The number of nitrogens with zero attached hydrogens (tertiary/aromatic N) is 3. The van der Waals surface area contributed by atoms with Gasteiger partial charge >= 0.3 is 0 Å². The fourth-order valence-electron chi connectivity index (χ4n) is 2.64. The van der Waals surface area contributed by atoms with Gasteiger partial charge in [-0.15, -0.1) is 0 Å². The predicted octanol–water partition coefficient (Wildman–Crippen LogP) is 2.59. The molecule has 7 heteroatoms. The van der Waals surface area contributed by atoms with Gasteiger partial charge in [-0.3, -0.25) is 0 Å². The minimum atomic E-state index is -2.26. The highest BCUT2D eigenvalue weighted by atomic mass is 127. The van der Waals surface area contributed by atoms with Crippen molar-refractivity contribution in [3.8, 4) is 0 Å². The van der Waals surface area contributed by atoms with Gasteiger partial charge < -0.3 is 0 Å². The fourth-order valence-corrected chi connectivity index (χ4v) is 6.72. The lowest BCUT2D eigenvalue weighted by molar-refractivity contribution is 0.628. The summed E-state index contributed by atoms with van der Waals surface area (Å²) in [6, 6.07) is 13.1. The first-order valence-electron chi connectivity index (χ1n) is 7.04. The van der Waals surface area contributed by atoms with Crippen LogP contribution in [0, 0.1) is 15.5 Å². The summed E-state index contributed by atoms with van der Waals surface area (Å²) in [5, 5.41) is 6.40. The van der Waals surface area contributed by atoms with Crippen LogP contribution in [0.25, 0.3) is 0 Å². The van der Waals surface area contributed by atoms with E-state index in [1.807, 2.05) is 28.9 Å². The van der Waals surface area contributed by atoms with E-state index >= 15 is 0 Å². The Morgan fingerprint density at radius 2 is 1.43 bits per heavy atom. The van der Waals surface area contributed by atoms with E-state index in [0.717, 1.165) is 14.2 Å². The molecule has 0 bridgehead atoms. The molecule has 0 saturated carbocycles. The maximum Gasteiger partial charge on any atom is 0.188 e. The highest BCUT2D eigenvalue weighted by molar-refractivity contribution is 14.1. The first-order valence-corrected chi connectivity index (χ1v) is 10.8. The summed E-state index contributed by atoms with van der Waals surface area (Å²) in [6.07, 6.45) is 2.18. The van der Waals surface area contributed by atoms with Crippen molar-refractivity contribution in [2.24, 2.45) is 0 Å². The molecule has 3 aromatic rings. The first-order chi connectivity index (χ1) is 11.0. The molecule has 0 atom stereocenters. The third-order valence-electron chi connectivity index (χ3n) is 4.00. The Kier molecular flexibility index (Phi) is 4.58. The van der Waals surface area contributed by atoms with Gasteiger partial charge in [-0.1, -0.05) is 41.2 Å². The maximum absolute atomic E-state index is 13.3. The van der Waals surface area contributed by atoms with Crippen molar-refractivity contribution in [3.63, 3.8) is 0 Å². The molecule has 118 valence electrons. The summed E-state index contributed by atoms with van der Waals surface area (Å²) in [4.78, 5) is 4.16. The first kappa shape index (κ1) is 16.3. The molecule has 23 heavy (non-hydrogen) atoms. The molecule has 0 aliphatic rings. The third-order valence-corrected chi connectivity index (χ3v) is 8.98. The van der Waals surface area contributed by atoms with Crippen LogP contribution in [0.2, 0.25) is 6.55 Å². The Hall–Kier alpha value is -1.61. The lowest BCUT2D eigenvalue weighted by Crippen LogP contribution is -2.59. The maximum atomic E-state index is 13.3. The Bertz CT molecular complexity index is 757. The van der Waals surface area contributed by atoms with E-state index in [-0.39, 0.29) is 11.6 Å². The van der Waals surface area contributed by atoms with Crippen molar-refractivity contribution in [1.29, 1.82) is 0 Å². The van der Waals surface area contributed by atoms with Gasteiger partial charge in [-0.05, 0) is 24.3 Å². The van der Waals surface area contributed by atoms with Crippen LogP contribution < -0.4 is 10.4 Å². The molecule has 3 nitrogen and oxygen atoms in total. The fraction of sp³-hybridized carbons (Fsp3) is 0.125. The standard InChI is InChI=1S/C16H14F2IN3Si/c1-23(11-22-16(19)20-10-21-22,14-6-2-12(17)3-7-14)15-8-4-13(18)5-9-15/h2-10H,11H2,1H3. The summed E-state index contributed by atoms with van der Waals surface area (Å²) in [6.45, 7) is 2.17. The van der Waals surface area contributed by atoms with E-state index < -0.39 is 8.07 Å². The summed E-state index contributed by atoms with van der Waals surface area (Å²) in [7, 11) is -2.26. The Balaban J connectivity index is 2.10. The molecule has 1 heterocycles. The quantitative estimate of drug-likeness (QED) is 0.461. The zero-order valence-electron chi connectivity index (χ0n) is 12.4. The van der Waals surface area contributed by atoms with Crippen LogP contribution >= 0.6 is 22.6 Å². The highest BCUT2D eigenvalue weighted by Gasteiger charge is 2.33. The van der Waals surface area contributed by atoms with Gasteiger partial charge in [0.1, 0.15) is 26.0 Å². The van der Waals surface area contributed by atoms with Crippen LogP contribution in [0.15, 0.2) is 54.9 Å². The molecule has 3 rings (SSSR count). The molecule has 0 radical (unpaired) electrons. The van der Waals surface area contributed by atoms with Crippen LogP contribution in [0.5, 0.6) is 0 Å². The molecule has 0 fully saturated rings. The molecule has 0 saturated heterocycles. The summed E-state index contributed by atoms with van der Waals surface area (Å²) in [5.74, 6) is -0.529. The van der Waals surface area contributed by atoms with Gasteiger partial charge in [0.25, 0.3) is 0 Å². The molecule has 0 aliphatic carbocycles. The minimum absolute atomic E-state index is 0.264. The molecule has 1 aromatic heterocycles. The average Bonchev–Trinajstić information content (AvgIpc) is 2.93. The van der Waals surface area contributed by atoms with Crippen molar-refractivity contribution in [3.05, 3.63) is 70.3 Å². The number of hydrogen-bond acceptors (Lipinski definition) is 2. The van der Waals surface area contributed by atoms with E-state index in [2.05, 4.69) is 39.2 Å². The van der Waals surface area contributed by atoms with Crippen molar-refractivity contribution in [2.45, 2.75) is 12.7 Å². The summed E-state index contributed by atoms with van der Waals surface area (Å²) in [5.41, 5.74) is 0. The summed E-state index contributed by atoms with van der Waals surface area (Å²) < 4.78 is 29.3. The lowest BCUT2D eigenvalue weighted by atomic mass is 10.3. The zero-order chi connectivity index (χ0) is 16.4. The smallest absolute Gasteiger partial charge is 0.188 e. The second-order valence-corrected chi connectivity index (χ2v) is 10.6. The average molecular weight is 441 g/mol. The number of rotatable bonds is 4. The normalized spacial score (nSPS) is 11.7. The van der Waals surface area contributed by atoms with Crippen LogP contribution in [0.3, 0.4) is 0 Å². The molecule has 0 amide bonds. The van der Waals surface area contributed by atoms with Crippen molar-refractivity contribution < 1.29 is 8.78 Å². The topological polar surface area (TPSA) is 30.7 Å². The van der Waals surface area contributed by atoms with Crippen LogP contribution in [0.1, 0.15) is 0 Å². The molecule has 2 aromatic carbocycles. The molecule has 0 N–H and O–H groups in total. The summed E-state index contributed by atoms with van der Waals surface area (Å²) >= 11 is 2.14. The predicted molar refractivity (Wildman–Crippen MR) is 96.4 cm³/mol. The Labute approximate surface area is 147 Å². The van der Waals surface area contributed by atoms with Crippen LogP contribution in [-0.4, -0.2) is 22.8 Å². The van der Waals surface area contributed by atoms with Gasteiger partial charge in [0.15, 0.2) is 3.83 Å². The second-order valence-electron chi connectivity index (χ2n) is 5.53. The highest BCUT2D eigenvalue weighted by Crippen LogP contribution is 2.12. The number of hydrogen-bond donors (Lipinski definition) is 0. The van der Waals surface area contributed by atoms with Gasteiger partial charge in [0.05, 0.1) is 0 Å². The molecular formula is C16H14F2IN3Si. The second kappa shape index (κ2) is 6.48. The van der Waals surface area contributed by atoms with Gasteiger partial charge in [-0.25, -0.2) is 18.4 Å². The van der Waals surface area contributed by atoms with E-state index in [9.17, 15) is 8.78 Å². The SMILES string of the molecule is C[Si](Cn1ncnc1I)(c1ccc(F)cc1)c1ccc(F)cc1. The van der Waals surface area contributed by atoms with E-state index in [1.54, 1.807) is 0 Å². The van der Waals surface area contributed by atoms with E-state index in [0.29, 0.717) is 6.17 Å². The Morgan fingerprint density at radius 1 is 0.957 bits per heavy atom. The number of halogens is 3. The molecule has 0 spiro atoms. The van der Waals surface area contributed by atoms with Crippen LogP contribution in [-0.2, 0) is 6.17 Å². The monoisotopic (exact) mass is 441 g/mol. The van der Waals surface area contributed by atoms with Crippen molar-refractivity contribution in [1.82, 2.24) is 14.8 Å². The Morgan fingerprint density at radius 3 is 1.83 bits per heavy atom. The largest absolute Gasteiger partial charge is 0.243 e.